The van der Waals surface area contributed by atoms with Crippen molar-refractivity contribution >= 4 is 16.9 Å². The molecule has 0 unspecified atom stereocenters. The molecule has 2 aromatic rings. The van der Waals surface area contributed by atoms with Crippen LogP contribution < -0.4 is 5.32 Å². The summed E-state index contributed by atoms with van der Waals surface area (Å²) in [4.78, 5) is 11.9. The zero-order valence-corrected chi connectivity index (χ0v) is 12.6. The summed E-state index contributed by atoms with van der Waals surface area (Å²) >= 11 is 0. The van der Waals surface area contributed by atoms with Crippen LogP contribution in [0.5, 0.6) is 0 Å². The first-order valence-corrected chi connectivity index (χ1v) is 7.63. The first-order chi connectivity index (χ1) is 10.1. The van der Waals surface area contributed by atoms with E-state index in [1.54, 1.807) is 0 Å². The molecule has 21 heavy (non-hydrogen) atoms. The SMILES string of the molecule is CC(C)OC(=O)Cn1cc(CNC2CC2)c2ccccc21. The van der Waals surface area contributed by atoms with Crippen LogP contribution in [0.15, 0.2) is 30.5 Å². The Balaban J connectivity index is 1.81. The van der Waals surface area contributed by atoms with E-state index >= 15 is 0 Å². The smallest absolute Gasteiger partial charge is 0.326 e. The Kier molecular flexibility index (Phi) is 3.97. The van der Waals surface area contributed by atoms with Gasteiger partial charge >= 0.3 is 5.97 Å². The van der Waals surface area contributed by atoms with Gasteiger partial charge in [0.2, 0.25) is 0 Å². The number of rotatable bonds is 6. The average Bonchev–Trinajstić information content (AvgIpc) is 3.20. The molecule has 112 valence electrons. The molecule has 4 nitrogen and oxygen atoms in total. The van der Waals surface area contributed by atoms with E-state index in [0.717, 1.165) is 12.1 Å². The summed E-state index contributed by atoms with van der Waals surface area (Å²) in [5.74, 6) is -0.188. The molecule has 1 aliphatic rings. The first kappa shape index (κ1) is 14.1. The average molecular weight is 286 g/mol. The quantitative estimate of drug-likeness (QED) is 0.830. The van der Waals surface area contributed by atoms with Gasteiger partial charge in [0.05, 0.1) is 6.10 Å². The van der Waals surface area contributed by atoms with Gasteiger partial charge in [-0.05, 0) is 38.3 Å². The highest BCUT2D eigenvalue weighted by Crippen LogP contribution is 2.24. The predicted molar refractivity (Wildman–Crippen MR) is 83.0 cm³/mol. The molecule has 0 atom stereocenters. The van der Waals surface area contributed by atoms with Gasteiger partial charge in [-0.3, -0.25) is 4.79 Å². The molecular formula is C17H22N2O2. The maximum atomic E-state index is 11.9. The minimum atomic E-state index is -0.188. The summed E-state index contributed by atoms with van der Waals surface area (Å²) in [5.41, 5.74) is 2.33. The maximum absolute atomic E-state index is 11.9. The second-order valence-electron chi connectivity index (χ2n) is 5.99. The molecule has 0 amide bonds. The molecule has 1 aliphatic carbocycles. The van der Waals surface area contributed by atoms with E-state index in [2.05, 4.69) is 23.6 Å². The lowest BCUT2D eigenvalue weighted by atomic mass is 10.2. The summed E-state index contributed by atoms with van der Waals surface area (Å²) < 4.78 is 7.24. The van der Waals surface area contributed by atoms with Crippen molar-refractivity contribution in [2.75, 3.05) is 0 Å². The van der Waals surface area contributed by atoms with Gasteiger partial charge in [0.1, 0.15) is 6.54 Å². The van der Waals surface area contributed by atoms with Crippen LogP contribution in [-0.2, 0) is 22.6 Å². The normalized spacial score (nSPS) is 14.8. The molecule has 0 spiro atoms. The number of aromatic nitrogens is 1. The highest BCUT2D eigenvalue weighted by molar-refractivity contribution is 5.85. The van der Waals surface area contributed by atoms with Gasteiger partial charge in [0.25, 0.3) is 0 Å². The summed E-state index contributed by atoms with van der Waals surface area (Å²) in [6, 6.07) is 8.89. The topological polar surface area (TPSA) is 43.3 Å². The molecule has 1 saturated carbocycles. The summed E-state index contributed by atoms with van der Waals surface area (Å²) in [5, 5.41) is 4.75. The maximum Gasteiger partial charge on any atom is 0.326 e. The van der Waals surface area contributed by atoms with Crippen LogP contribution in [-0.4, -0.2) is 22.7 Å². The number of hydrogen-bond acceptors (Lipinski definition) is 3. The number of ether oxygens (including phenoxy) is 1. The lowest BCUT2D eigenvalue weighted by Gasteiger charge is -2.09. The number of para-hydroxylation sites is 1. The number of nitrogens with one attached hydrogen (secondary N) is 1. The molecule has 1 N–H and O–H groups in total. The summed E-state index contributed by atoms with van der Waals surface area (Å²) in [6.07, 6.45) is 4.55. The van der Waals surface area contributed by atoms with Crippen molar-refractivity contribution in [3.8, 4) is 0 Å². The van der Waals surface area contributed by atoms with Crippen molar-refractivity contribution < 1.29 is 9.53 Å². The third-order valence-electron chi connectivity index (χ3n) is 3.70. The second-order valence-corrected chi connectivity index (χ2v) is 5.99. The van der Waals surface area contributed by atoms with E-state index in [1.165, 1.54) is 23.8 Å². The van der Waals surface area contributed by atoms with Crippen molar-refractivity contribution in [1.29, 1.82) is 0 Å². The fraction of sp³-hybridized carbons (Fsp3) is 0.471. The number of carbonyl (C=O) groups is 1. The summed E-state index contributed by atoms with van der Waals surface area (Å²) in [7, 11) is 0. The molecule has 0 radical (unpaired) electrons. The molecule has 1 heterocycles. The Labute approximate surface area is 125 Å². The lowest BCUT2D eigenvalue weighted by molar-refractivity contribution is -0.148. The third-order valence-corrected chi connectivity index (χ3v) is 3.70. The summed E-state index contributed by atoms with van der Waals surface area (Å²) in [6.45, 7) is 4.87. The number of fused-ring (bicyclic) bond motifs is 1. The Morgan fingerprint density at radius 1 is 1.38 bits per heavy atom. The van der Waals surface area contributed by atoms with Gasteiger partial charge in [0, 0.05) is 29.7 Å². The minimum absolute atomic E-state index is 0.0738. The zero-order valence-electron chi connectivity index (χ0n) is 12.6. The second kappa shape index (κ2) is 5.90. The number of nitrogens with zero attached hydrogens (tertiary/aromatic N) is 1. The van der Waals surface area contributed by atoms with E-state index in [9.17, 15) is 4.79 Å². The van der Waals surface area contributed by atoms with Crippen LogP contribution >= 0.6 is 0 Å². The lowest BCUT2D eigenvalue weighted by Crippen LogP contribution is -2.17. The van der Waals surface area contributed by atoms with Crippen LogP contribution in [0.4, 0.5) is 0 Å². The highest BCUT2D eigenvalue weighted by Gasteiger charge is 2.21. The van der Waals surface area contributed by atoms with E-state index < -0.39 is 0 Å². The molecule has 1 aromatic heterocycles. The van der Waals surface area contributed by atoms with Crippen LogP contribution in [0.25, 0.3) is 10.9 Å². The number of hydrogen-bond donors (Lipinski definition) is 1. The molecule has 0 aliphatic heterocycles. The standard InChI is InChI=1S/C17H22N2O2/c1-12(2)21-17(20)11-19-10-13(9-18-14-7-8-14)15-5-3-4-6-16(15)19/h3-6,10,12,14,18H,7-9,11H2,1-2H3. The van der Waals surface area contributed by atoms with Crippen molar-refractivity contribution in [1.82, 2.24) is 9.88 Å². The zero-order chi connectivity index (χ0) is 14.8. The van der Waals surface area contributed by atoms with Gasteiger partial charge in [0.15, 0.2) is 0 Å². The van der Waals surface area contributed by atoms with Crippen molar-refractivity contribution in [2.45, 2.75) is 51.9 Å². The fourth-order valence-electron chi connectivity index (χ4n) is 2.58. The highest BCUT2D eigenvalue weighted by atomic mass is 16.5. The van der Waals surface area contributed by atoms with Crippen molar-refractivity contribution in [3.05, 3.63) is 36.0 Å². The fourth-order valence-corrected chi connectivity index (χ4v) is 2.58. The third kappa shape index (κ3) is 3.45. The van der Waals surface area contributed by atoms with Crippen LogP contribution in [0.3, 0.4) is 0 Å². The molecule has 0 bridgehead atoms. The predicted octanol–water partition coefficient (Wildman–Crippen LogP) is 2.84. The molecular weight excluding hydrogens is 264 g/mol. The van der Waals surface area contributed by atoms with E-state index in [1.807, 2.05) is 30.5 Å². The first-order valence-electron chi connectivity index (χ1n) is 7.63. The molecule has 1 aromatic carbocycles. The molecule has 3 rings (SSSR count). The molecule has 1 fully saturated rings. The van der Waals surface area contributed by atoms with Gasteiger partial charge in [-0.25, -0.2) is 0 Å². The van der Waals surface area contributed by atoms with E-state index in [0.29, 0.717) is 6.04 Å². The number of esters is 1. The Morgan fingerprint density at radius 2 is 2.14 bits per heavy atom. The van der Waals surface area contributed by atoms with Crippen LogP contribution in [0.2, 0.25) is 0 Å². The number of carbonyl (C=O) groups excluding carboxylic acids is 1. The van der Waals surface area contributed by atoms with Gasteiger partial charge in [-0.1, -0.05) is 18.2 Å². The van der Waals surface area contributed by atoms with E-state index in [4.69, 9.17) is 4.74 Å². The van der Waals surface area contributed by atoms with Crippen molar-refractivity contribution in [3.63, 3.8) is 0 Å². The van der Waals surface area contributed by atoms with Gasteiger partial charge in [-0.15, -0.1) is 0 Å². The Hall–Kier alpha value is -1.81. The van der Waals surface area contributed by atoms with Gasteiger partial charge in [-0.2, -0.15) is 0 Å². The van der Waals surface area contributed by atoms with Gasteiger partial charge < -0.3 is 14.6 Å². The van der Waals surface area contributed by atoms with E-state index in [-0.39, 0.29) is 18.6 Å². The Bertz CT molecular complexity index is 641. The monoisotopic (exact) mass is 286 g/mol. The largest absolute Gasteiger partial charge is 0.462 e. The number of benzene rings is 1. The van der Waals surface area contributed by atoms with Crippen molar-refractivity contribution in [2.24, 2.45) is 0 Å². The minimum Gasteiger partial charge on any atom is -0.462 e. The van der Waals surface area contributed by atoms with Crippen LogP contribution in [0.1, 0.15) is 32.3 Å². The molecule has 0 saturated heterocycles. The Morgan fingerprint density at radius 3 is 2.86 bits per heavy atom. The van der Waals surface area contributed by atoms with Crippen LogP contribution in [0, 0.1) is 0 Å². The molecule has 4 heteroatoms.